The zero-order valence-electron chi connectivity index (χ0n) is 8.83. The lowest BCUT2D eigenvalue weighted by Crippen LogP contribution is -2.16. The van der Waals surface area contributed by atoms with Gasteiger partial charge in [-0.2, -0.15) is 4.39 Å². The van der Waals surface area contributed by atoms with Crippen molar-refractivity contribution in [2.45, 2.75) is 12.8 Å². The molecule has 0 fully saturated rings. The molecule has 0 aromatic carbocycles. The second kappa shape index (κ2) is 6.85. The van der Waals surface area contributed by atoms with Crippen molar-refractivity contribution in [1.82, 2.24) is 4.98 Å². The lowest BCUT2D eigenvalue weighted by atomic mass is 10.4. The first-order chi connectivity index (χ1) is 8.08. The molecule has 0 radical (unpaired) electrons. The van der Waals surface area contributed by atoms with E-state index in [1.54, 1.807) is 0 Å². The maximum Gasteiger partial charge on any atom is 0.261 e. The molecule has 0 aliphatic rings. The maximum atomic E-state index is 12.6. The molecule has 1 amide bonds. The smallest absolute Gasteiger partial charge is 0.261 e. The summed E-state index contributed by atoms with van der Waals surface area (Å²) in [4.78, 5) is 14.6. The Morgan fingerprint density at radius 3 is 2.88 bits per heavy atom. The molecular weight excluding hydrogens is 237 g/mol. The molecule has 1 aromatic heterocycles. The molecule has 4 nitrogen and oxygen atoms in total. The molecule has 1 rings (SSSR count). The fraction of sp³-hybridized carbons (Fsp3) is 0.400. The summed E-state index contributed by atoms with van der Waals surface area (Å²) in [6.45, 7) is -0.822. The van der Waals surface area contributed by atoms with Crippen molar-refractivity contribution in [1.29, 1.82) is 0 Å². The summed E-state index contributed by atoms with van der Waals surface area (Å²) in [5.41, 5.74) is 0. The third-order valence-electron chi connectivity index (χ3n) is 1.70. The Morgan fingerprint density at radius 1 is 1.47 bits per heavy atom. The van der Waals surface area contributed by atoms with Crippen LogP contribution in [0.25, 0.3) is 0 Å². The van der Waals surface area contributed by atoms with E-state index in [1.165, 1.54) is 12.1 Å². The van der Waals surface area contributed by atoms with Crippen molar-refractivity contribution in [3.05, 3.63) is 24.1 Å². The molecular formula is C10H11F3N2O2. The second-order valence-electron chi connectivity index (χ2n) is 3.11. The van der Waals surface area contributed by atoms with Crippen molar-refractivity contribution in [3.63, 3.8) is 0 Å². The molecule has 0 bridgehead atoms. The number of halogens is 3. The zero-order chi connectivity index (χ0) is 12.7. The van der Waals surface area contributed by atoms with Crippen LogP contribution in [0.5, 0.6) is 0 Å². The summed E-state index contributed by atoms with van der Waals surface area (Å²) < 4.78 is 40.5. The number of carbonyl (C=O) groups excluding carboxylic acids is 1. The van der Waals surface area contributed by atoms with Gasteiger partial charge in [-0.05, 0) is 12.1 Å². The Morgan fingerprint density at radius 2 is 2.24 bits per heavy atom. The Bertz CT molecular complexity index is 374. The van der Waals surface area contributed by atoms with Crippen LogP contribution in [-0.2, 0) is 9.53 Å². The molecule has 0 aliphatic heterocycles. The largest absolute Gasteiger partial charge is 0.375 e. The standard InChI is InChI=1S/C10H11F3N2O2/c11-7(12)6-17-5-4-10(16)15-9-3-1-2-8(13)14-9/h1-3,7H,4-6H2,(H,14,15,16). The SMILES string of the molecule is O=C(CCOCC(F)F)Nc1cccc(F)n1. The van der Waals surface area contributed by atoms with E-state index in [-0.39, 0.29) is 18.8 Å². The van der Waals surface area contributed by atoms with Gasteiger partial charge in [0.15, 0.2) is 0 Å². The van der Waals surface area contributed by atoms with E-state index >= 15 is 0 Å². The number of aromatic nitrogens is 1. The van der Waals surface area contributed by atoms with Gasteiger partial charge in [0.1, 0.15) is 12.4 Å². The molecule has 0 saturated heterocycles. The van der Waals surface area contributed by atoms with Gasteiger partial charge in [0, 0.05) is 0 Å². The van der Waals surface area contributed by atoms with Gasteiger partial charge < -0.3 is 10.1 Å². The first-order valence-corrected chi connectivity index (χ1v) is 4.86. The molecule has 94 valence electrons. The highest BCUT2D eigenvalue weighted by atomic mass is 19.3. The quantitative estimate of drug-likeness (QED) is 0.617. The van der Waals surface area contributed by atoms with Crippen LogP contribution in [0, 0.1) is 5.95 Å². The topological polar surface area (TPSA) is 51.2 Å². The van der Waals surface area contributed by atoms with E-state index in [4.69, 9.17) is 0 Å². The van der Waals surface area contributed by atoms with Gasteiger partial charge in [-0.1, -0.05) is 6.07 Å². The number of pyridine rings is 1. The minimum atomic E-state index is -2.55. The molecule has 1 N–H and O–H groups in total. The minimum absolute atomic E-state index is 0.0730. The minimum Gasteiger partial charge on any atom is -0.375 e. The van der Waals surface area contributed by atoms with Gasteiger partial charge in [0.2, 0.25) is 11.9 Å². The summed E-state index contributed by atoms with van der Waals surface area (Å²) >= 11 is 0. The molecule has 7 heteroatoms. The van der Waals surface area contributed by atoms with Crippen molar-refractivity contribution >= 4 is 11.7 Å². The highest BCUT2D eigenvalue weighted by Gasteiger charge is 2.06. The van der Waals surface area contributed by atoms with Crippen LogP contribution in [0.2, 0.25) is 0 Å². The predicted octanol–water partition coefficient (Wildman–Crippen LogP) is 1.83. The predicted molar refractivity (Wildman–Crippen MR) is 54.3 cm³/mol. The Hall–Kier alpha value is -1.63. The van der Waals surface area contributed by atoms with Gasteiger partial charge in [0.05, 0.1) is 13.0 Å². The Kier molecular flexibility index (Phi) is 5.41. The number of hydrogen-bond acceptors (Lipinski definition) is 3. The summed E-state index contributed by atoms with van der Waals surface area (Å²) in [6, 6.07) is 3.95. The summed E-state index contributed by atoms with van der Waals surface area (Å²) in [5.74, 6) is -1.11. The van der Waals surface area contributed by atoms with E-state index in [9.17, 15) is 18.0 Å². The monoisotopic (exact) mass is 248 g/mol. The lowest BCUT2D eigenvalue weighted by Gasteiger charge is -2.05. The van der Waals surface area contributed by atoms with Gasteiger partial charge >= 0.3 is 0 Å². The van der Waals surface area contributed by atoms with Crippen LogP contribution in [0.4, 0.5) is 19.0 Å². The average Bonchev–Trinajstić information content (AvgIpc) is 2.24. The van der Waals surface area contributed by atoms with Crippen molar-refractivity contribution < 1.29 is 22.7 Å². The van der Waals surface area contributed by atoms with Crippen molar-refractivity contribution in [3.8, 4) is 0 Å². The van der Waals surface area contributed by atoms with Crippen LogP contribution >= 0.6 is 0 Å². The number of rotatable bonds is 6. The number of alkyl halides is 2. The fourth-order valence-corrected chi connectivity index (χ4v) is 1.02. The van der Waals surface area contributed by atoms with Crippen molar-refractivity contribution in [2.24, 2.45) is 0 Å². The number of nitrogens with one attached hydrogen (secondary N) is 1. The molecule has 0 atom stereocenters. The molecule has 0 saturated carbocycles. The first kappa shape index (κ1) is 13.4. The van der Waals surface area contributed by atoms with Crippen LogP contribution in [-0.4, -0.2) is 30.5 Å². The maximum absolute atomic E-state index is 12.6. The van der Waals surface area contributed by atoms with E-state index in [0.717, 1.165) is 6.07 Å². The van der Waals surface area contributed by atoms with E-state index in [1.807, 2.05) is 0 Å². The third-order valence-corrected chi connectivity index (χ3v) is 1.70. The number of amides is 1. The number of anilines is 1. The summed E-state index contributed by atoms with van der Waals surface area (Å²) in [5, 5.41) is 2.31. The number of ether oxygens (including phenoxy) is 1. The van der Waals surface area contributed by atoms with Crippen LogP contribution in [0.15, 0.2) is 18.2 Å². The molecule has 17 heavy (non-hydrogen) atoms. The summed E-state index contributed by atoms with van der Waals surface area (Å²) in [6.07, 6.45) is -2.65. The molecule has 0 spiro atoms. The van der Waals surface area contributed by atoms with Crippen LogP contribution in [0.3, 0.4) is 0 Å². The van der Waals surface area contributed by atoms with Gasteiger partial charge in [-0.3, -0.25) is 4.79 Å². The fourth-order valence-electron chi connectivity index (χ4n) is 1.02. The number of carbonyl (C=O) groups is 1. The average molecular weight is 248 g/mol. The molecule has 0 aliphatic carbocycles. The van der Waals surface area contributed by atoms with Gasteiger partial charge in [-0.25, -0.2) is 13.8 Å². The third kappa shape index (κ3) is 5.86. The Labute approximate surface area is 95.8 Å². The number of hydrogen-bond donors (Lipinski definition) is 1. The van der Waals surface area contributed by atoms with E-state index in [2.05, 4.69) is 15.0 Å². The highest BCUT2D eigenvalue weighted by molar-refractivity contribution is 5.89. The van der Waals surface area contributed by atoms with E-state index < -0.39 is 24.9 Å². The Balaban J connectivity index is 2.25. The molecule has 1 heterocycles. The lowest BCUT2D eigenvalue weighted by molar-refractivity contribution is -0.117. The van der Waals surface area contributed by atoms with E-state index in [0.29, 0.717) is 0 Å². The highest BCUT2D eigenvalue weighted by Crippen LogP contribution is 2.04. The second-order valence-corrected chi connectivity index (χ2v) is 3.11. The molecule has 1 aromatic rings. The number of nitrogens with zero attached hydrogens (tertiary/aromatic N) is 1. The molecule has 0 unspecified atom stereocenters. The van der Waals surface area contributed by atoms with Crippen molar-refractivity contribution in [2.75, 3.05) is 18.5 Å². The van der Waals surface area contributed by atoms with Gasteiger partial charge in [0.25, 0.3) is 6.43 Å². The van der Waals surface area contributed by atoms with Crippen LogP contribution in [0.1, 0.15) is 6.42 Å². The normalized spacial score (nSPS) is 10.6. The van der Waals surface area contributed by atoms with Gasteiger partial charge in [-0.15, -0.1) is 0 Å². The summed E-state index contributed by atoms with van der Waals surface area (Å²) in [7, 11) is 0. The zero-order valence-corrected chi connectivity index (χ0v) is 8.83. The first-order valence-electron chi connectivity index (χ1n) is 4.86. The van der Waals surface area contributed by atoms with Crippen LogP contribution < -0.4 is 5.32 Å².